The molecule has 0 fully saturated rings. The summed E-state index contributed by atoms with van der Waals surface area (Å²) in [6.45, 7) is 5.30. The van der Waals surface area contributed by atoms with Gasteiger partial charge >= 0.3 is 11.9 Å². The van der Waals surface area contributed by atoms with Crippen molar-refractivity contribution in [1.29, 1.82) is 0 Å². The zero-order valence-corrected chi connectivity index (χ0v) is 15.6. The van der Waals surface area contributed by atoms with Crippen molar-refractivity contribution < 1.29 is 19.1 Å². The van der Waals surface area contributed by atoms with Crippen LogP contribution >= 0.6 is 11.6 Å². The molecule has 3 aromatic rings. The quantitative estimate of drug-likeness (QED) is 0.533. The van der Waals surface area contributed by atoms with E-state index in [1.54, 1.807) is 26.0 Å². The molecule has 3 rings (SSSR count). The fourth-order valence-electron chi connectivity index (χ4n) is 3.06. The van der Waals surface area contributed by atoms with Crippen LogP contribution in [0.2, 0.25) is 5.02 Å². The van der Waals surface area contributed by atoms with Gasteiger partial charge in [0.1, 0.15) is 0 Å². The Morgan fingerprint density at radius 3 is 2.23 bits per heavy atom. The lowest BCUT2D eigenvalue weighted by Crippen LogP contribution is -2.43. The van der Waals surface area contributed by atoms with Gasteiger partial charge in [-0.1, -0.05) is 23.7 Å². The van der Waals surface area contributed by atoms with E-state index in [0.717, 1.165) is 21.8 Å². The normalized spacial score (nSPS) is 11.7. The van der Waals surface area contributed by atoms with E-state index in [4.69, 9.17) is 21.1 Å². The van der Waals surface area contributed by atoms with E-state index < -0.39 is 17.4 Å². The number of rotatable bonds is 5. The molecule has 6 heteroatoms. The number of nitrogens with one attached hydrogen (secondary N) is 1. The largest absolute Gasteiger partial charge is 0.465 e. The third kappa shape index (κ3) is 2.92. The van der Waals surface area contributed by atoms with Crippen LogP contribution in [0.1, 0.15) is 26.3 Å². The molecule has 5 nitrogen and oxygen atoms in total. The van der Waals surface area contributed by atoms with Crippen molar-refractivity contribution in [3.8, 4) is 0 Å². The Kier molecular flexibility index (Phi) is 4.92. The third-order valence-corrected chi connectivity index (χ3v) is 4.74. The first kappa shape index (κ1) is 18.3. The van der Waals surface area contributed by atoms with Crippen LogP contribution in [-0.2, 0) is 24.5 Å². The molecule has 0 saturated heterocycles. The maximum Gasteiger partial charge on any atom is 0.327 e. The summed E-state index contributed by atoms with van der Waals surface area (Å²) in [5.41, 5.74) is 0.712. The minimum atomic E-state index is -1.53. The number of fused-ring (bicyclic) bond motifs is 3. The lowest BCUT2D eigenvalue weighted by atomic mass is 9.82. The highest BCUT2D eigenvalue weighted by molar-refractivity contribution is 6.31. The van der Waals surface area contributed by atoms with Crippen LogP contribution in [0.4, 0.5) is 0 Å². The van der Waals surface area contributed by atoms with Crippen LogP contribution in [0.5, 0.6) is 0 Å². The van der Waals surface area contributed by atoms with Gasteiger partial charge in [-0.05, 0) is 50.6 Å². The van der Waals surface area contributed by atoms with Crippen molar-refractivity contribution in [2.24, 2.45) is 0 Å². The van der Waals surface area contributed by atoms with Crippen molar-refractivity contribution in [1.82, 2.24) is 4.98 Å². The van der Waals surface area contributed by atoms with E-state index in [-0.39, 0.29) is 13.2 Å². The third-order valence-electron chi connectivity index (χ3n) is 4.51. The second kappa shape index (κ2) is 7.00. The van der Waals surface area contributed by atoms with Crippen molar-refractivity contribution >= 4 is 45.3 Å². The Balaban J connectivity index is 2.17. The van der Waals surface area contributed by atoms with Gasteiger partial charge in [-0.15, -0.1) is 0 Å². The first-order valence-electron chi connectivity index (χ1n) is 8.47. The summed E-state index contributed by atoms with van der Waals surface area (Å²) in [7, 11) is 0. The summed E-state index contributed by atoms with van der Waals surface area (Å²) >= 11 is 6.10. The Labute approximate surface area is 156 Å². The molecule has 0 atom stereocenters. The van der Waals surface area contributed by atoms with Gasteiger partial charge < -0.3 is 14.5 Å². The van der Waals surface area contributed by atoms with Crippen molar-refractivity contribution in [3.05, 3.63) is 47.0 Å². The average Bonchev–Trinajstić information content (AvgIpc) is 2.98. The molecule has 1 aromatic heterocycles. The van der Waals surface area contributed by atoms with Crippen LogP contribution in [-0.4, -0.2) is 30.1 Å². The molecule has 0 spiro atoms. The molecule has 0 amide bonds. The van der Waals surface area contributed by atoms with Crippen molar-refractivity contribution in [2.75, 3.05) is 13.2 Å². The number of carbonyl (C=O) groups is 2. The maximum absolute atomic E-state index is 12.6. The zero-order chi connectivity index (χ0) is 18.9. The number of hydrogen-bond acceptors (Lipinski definition) is 4. The molecule has 0 aliphatic carbocycles. The SMILES string of the molecule is CCOC(=O)C(C)(C(=O)OCC)c1ccc2c(c1)[nH]c1ccc(Cl)cc12. The average molecular weight is 374 g/mol. The molecule has 0 aliphatic rings. The van der Waals surface area contributed by atoms with E-state index in [0.29, 0.717) is 10.6 Å². The van der Waals surface area contributed by atoms with Gasteiger partial charge in [-0.2, -0.15) is 0 Å². The number of carbonyl (C=O) groups excluding carboxylic acids is 2. The monoisotopic (exact) mass is 373 g/mol. The van der Waals surface area contributed by atoms with Crippen LogP contribution in [0, 0.1) is 0 Å². The number of H-pyrrole nitrogens is 1. The Morgan fingerprint density at radius 2 is 1.62 bits per heavy atom. The highest BCUT2D eigenvalue weighted by Gasteiger charge is 2.46. The topological polar surface area (TPSA) is 68.4 Å². The Morgan fingerprint density at radius 1 is 0.962 bits per heavy atom. The van der Waals surface area contributed by atoms with Crippen molar-refractivity contribution in [3.63, 3.8) is 0 Å². The molecule has 0 aliphatic heterocycles. The predicted molar refractivity (Wildman–Crippen MR) is 101 cm³/mol. The second-order valence-electron chi connectivity index (χ2n) is 6.14. The van der Waals surface area contributed by atoms with Gasteiger partial charge in [0.05, 0.1) is 13.2 Å². The summed E-state index contributed by atoms with van der Waals surface area (Å²) in [4.78, 5) is 28.5. The van der Waals surface area contributed by atoms with Gasteiger partial charge in [-0.25, -0.2) is 0 Å². The number of benzene rings is 2. The first-order valence-corrected chi connectivity index (χ1v) is 8.85. The van der Waals surface area contributed by atoms with E-state index in [1.165, 1.54) is 6.92 Å². The summed E-state index contributed by atoms with van der Waals surface area (Å²) < 4.78 is 10.3. The summed E-state index contributed by atoms with van der Waals surface area (Å²) in [6.07, 6.45) is 0. The number of halogens is 1. The van der Waals surface area contributed by atoms with E-state index >= 15 is 0 Å². The van der Waals surface area contributed by atoms with Gasteiger partial charge in [0.2, 0.25) is 0 Å². The number of esters is 2. The minimum absolute atomic E-state index is 0.182. The smallest absolute Gasteiger partial charge is 0.327 e. The van der Waals surface area contributed by atoms with Crippen LogP contribution in [0.3, 0.4) is 0 Å². The lowest BCUT2D eigenvalue weighted by molar-refractivity contribution is -0.163. The standard InChI is InChI=1S/C20H20ClNO4/c1-4-25-18(23)20(3,19(24)26-5-2)12-6-8-14-15-11-13(21)7-9-16(15)22-17(14)10-12/h6-11,22H,4-5H2,1-3H3. The number of ether oxygens (including phenoxy) is 2. The molecule has 0 radical (unpaired) electrons. The molecule has 136 valence electrons. The minimum Gasteiger partial charge on any atom is -0.465 e. The van der Waals surface area contributed by atoms with Gasteiger partial charge in [-0.3, -0.25) is 9.59 Å². The summed E-state index contributed by atoms with van der Waals surface area (Å²) in [5.74, 6) is -1.26. The first-order chi connectivity index (χ1) is 12.4. The van der Waals surface area contributed by atoms with Gasteiger partial charge in [0.15, 0.2) is 5.41 Å². The van der Waals surface area contributed by atoms with E-state index in [2.05, 4.69) is 4.98 Å². The molecule has 1 N–H and O–H groups in total. The van der Waals surface area contributed by atoms with Crippen molar-refractivity contribution in [2.45, 2.75) is 26.2 Å². The maximum atomic E-state index is 12.6. The molecule has 0 bridgehead atoms. The number of aromatic nitrogens is 1. The number of hydrogen-bond donors (Lipinski definition) is 1. The predicted octanol–water partition coefficient (Wildman–Crippen LogP) is 4.36. The van der Waals surface area contributed by atoms with E-state index in [1.807, 2.05) is 24.3 Å². The highest BCUT2D eigenvalue weighted by Crippen LogP contribution is 2.33. The molecule has 1 heterocycles. The Hall–Kier alpha value is -2.53. The summed E-state index contributed by atoms with van der Waals surface area (Å²) in [6, 6.07) is 11.0. The fraction of sp³-hybridized carbons (Fsp3) is 0.300. The fourth-order valence-corrected chi connectivity index (χ4v) is 3.23. The molecule has 26 heavy (non-hydrogen) atoms. The molecule has 0 saturated carbocycles. The molecular weight excluding hydrogens is 354 g/mol. The van der Waals surface area contributed by atoms with Crippen LogP contribution in [0.25, 0.3) is 21.8 Å². The highest BCUT2D eigenvalue weighted by atomic mass is 35.5. The molecular formula is C20H20ClNO4. The molecule has 2 aromatic carbocycles. The van der Waals surface area contributed by atoms with Crippen LogP contribution < -0.4 is 0 Å². The zero-order valence-electron chi connectivity index (χ0n) is 14.9. The summed E-state index contributed by atoms with van der Waals surface area (Å²) in [5, 5.41) is 2.58. The Bertz CT molecular complexity index is 974. The van der Waals surface area contributed by atoms with Gasteiger partial charge in [0, 0.05) is 26.8 Å². The van der Waals surface area contributed by atoms with Gasteiger partial charge in [0.25, 0.3) is 0 Å². The van der Waals surface area contributed by atoms with E-state index in [9.17, 15) is 9.59 Å². The second-order valence-corrected chi connectivity index (χ2v) is 6.58. The number of aromatic amines is 1. The lowest BCUT2D eigenvalue weighted by Gasteiger charge is -2.25. The molecule has 0 unspecified atom stereocenters. The van der Waals surface area contributed by atoms with Crippen LogP contribution in [0.15, 0.2) is 36.4 Å².